The van der Waals surface area contributed by atoms with Gasteiger partial charge in [-0.05, 0) is 41.5 Å². The van der Waals surface area contributed by atoms with E-state index in [9.17, 15) is 14.4 Å². The molecule has 0 fully saturated rings. The van der Waals surface area contributed by atoms with E-state index in [4.69, 9.17) is 20.8 Å². The van der Waals surface area contributed by atoms with Crippen molar-refractivity contribution in [1.29, 1.82) is 0 Å². The van der Waals surface area contributed by atoms with Crippen LogP contribution in [-0.2, 0) is 11.3 Å². The van der Waals surface area contributed by atoms with Crippen LogP contribution in [0.5, 0.6) is 0 Å². The number of esters is 1. The molecule has 0 saturated heterocycles. The summed E-state index contributed by atoms with van der Waals surface area (Å²) < 4.78 is 10.7. The number of fused-ring (bicyclic) bond motifs is 2. The average Bonchev–Trinajstić information content (AvgIpc) is 3.12. The van der Waals surface area contributed by atoms with Gasteiger partial charge in [0.15, 0.2) is 5.43 Å². The fourth-order valence-corrected chi connectivity index (χ4v) is 4.40. The lowest BCUT2D eigenvalue weighted by Gasteiger charge is -2.25. The minimum absolute atomic E-state index is 0.0211. The first-order chi connectivity index (χ1) is 16.0. The van der Waals surface area contributed by atoms with E-state index in [-0.39, 0.29) is 23.3 Å². The lowest BCUT2D eigenvalue weighted by atomic mass is 9.97. The van der Waals surface area contributed by atoms with E-state index in [0.717, 1.165) is 5.56 Å². The number of carbonyl (C=O) groups excluding carboxylic acids is 2. The number of ether oxygens (including phenoxy) is 1. The largest absolute Gasteiger partial charge is 0.465 e. The zero-order valence-electron chi connectivity index (χ0n) is 17.6. The van der Waals surface area contributed by atoms with E-state index in [1.54, 1.807) is 59.5 Å². The highest BCUT2D eigenvalue weighted by molar-refractivity contribution is 6.31. The van der Waals surface area contributed by atoms with Gasteiger partial charge in [0.05, 0.1) is 29.7 Å². The highest BCUT2D eigenvalue weighted by Gasteiger charge is 2.42. The Hall–Kier alpha value is -3.90. The Labute approximate surface area is 194 Å². The number of halogens is 1. The number of benzene rings is 3. The first kappa shape index (κ1) is 21.0. The van der Waals surface area contributed by atoms with Crippen LogP contribution in [0.3, 0.4) is 0 Å². The Bertz CT molecular complexity index is 1460. The zero-order chi connectivity index (χ0) is 23.1. The van der Waals surface area contributed by atoms with Gasteiger partial charge in [0.2, 0.25) is 5.76 Å². The van der Waals surface area contributed by atoms with E-state index < -0.39 is 17.9 Å². The van der Waals surface area contributed by atoms with Crippen LogP contribution in [0.2, 0.25) is 5.02 Å². The number of hydrogen-bond donors (Lipinski definition) is 0. The second-order valence-electron chi connectivity index (χ2n) is 7.71. The van der Waals surface area contributed by atoms with Crippen molar-refractivity contribution in [2.75, 3.05) is 7.11 Å². The fourth-order valence-electron chi connectivity index (χ4n) is 4.21. The van der Waals surface area contributed by atoms with Gasteiger partial charge in [-0.25, -0.2) is 4.79 Å². The molecule has 0 spiro atoms. The SMILES string of the molecule is COC(=O)c1ccc([C@H]2c3c(oc4ccccc4c3=O)C(=O)N2Cc2ccccc2Cl)cc1. The summed E-state index contributed by atoms with van der Waals surface area (Å²) in [7, 11) is 1.31. The van der Waals surface area contributed by atoms with Gasteiger partial charge < -0.3 is 14.1 Å². The molecule has 0 N–H and O–H groups in total. The third kappa shape index (κ3) is 3.49. The number of carbonyl (C=O) groups is 2. The molecule has 0 saturated carbocycles. The molecule has 1 aliphatic rings. The van der Waals surface area contributed by atoms with Gasteiger partial charge in [0.25, 0.3) is 5.91 Å². The van der Waals surface area contributed by atoms with Crippen molar-refractivity contribution >= 4 is 34.4 Å². The van der Waals surface area contributed by atoms with Gasteiger partial charge in [-0.1, -0.05) is 54.1 Å². The molecule has 3 aromatic carbocycles. The fraction of sp³-hybridized carbons (Fsp3) is 0.115. The molecule has 164 valence electrons. The molecule has 1 amide bonds. The lowest BCUT2D eigenvalue weighted by molar-refractivity contribution is 0.0599. The van der Waals surface area contributed by atoms with Crippen LogP contribution >= 0.6 is 11.6 Å². The molecule has 1 aliphatic heterocycles. The number of para-hydroxylation sites is 1. The monoisotopic (exact) mass is 459 g/mol. The first-order valence-corrected chi connectivity index (χ1v) is 10.7. The molecular formula is C26H18ClNO5. The summed E-state index contributed by atoms with van der Waals surface area (Å²) in [4.78, 5) is 40.4. The number of methoxy groups -OCH3 is 1. The maximum absolute atomic E-state index is 13.5. The molecule has 0 unspecified atom stereocenters. The van der Waals surface area contributed by atoms with E-state index in [0.29, 0.717) is 27.1 Å². The molecule has 33 heavy (non-hydrogen) atoms. The lowest BCUT2D eigenvalue weighted by Crippen LogP contribution is -2.29. The number of amides is 1. The molecule has 4 aromatic rings. The first-order valence-electron chi connectivity index (χ1n) is 10.3. The molecule has 1 atom stereocenters. The Balaban J connectivity index is 1.69. The molecule has 7 heteroatoms. The second kappa shape index (κ2) is 8.22. The zero-order valence-corrected chi connectivity index (χ0v) is 18.3. The summed E-state index contributed by atoms with van der Waals surface area (Å²) in [5.41, 5.74) is 2.15. The summed E-state index contributed by atoms with van der Waals surface area (Å²) in [6.45, 7) is 0.182. The summed E-state index contributed by atoms with van der Waals surface area (Å²) in [6, 6.07) is 20.1. The number of nitrogens with zero attached hydrogens (tertiary/aromatic N) is 1. The highest BCUT2D eigenvalue weighted by Crippen LogP contribution is 2.39. The van der Waals surface area contributed by atoms with Crippen LogP contribution in [0, 0.1) is 0 Å². The van der Waals surface area contributed by atoms with Crippen LogP contribution in [-0.4, -0.2) is 23.9 Å². The van der Waals surface area contributed by atoms with Crippen molar-refractivity contribution in [3.63, 3.8) is 0 Å². The summed E-state index contributed by atoms with van der Waals surface area (Å²) in [5.74, 6) is -0.842. The summed E-state index contributed by atoms with van der Waals surface area (Å²) in [5, 5.41) is 0.922. The Morgan fingerprint density at radius 2 is 1.70 bits per heavy atom. The molecule has 5 rings (SSSR count). The Morgan fingerprint density at radius 3 is 2.42 bits per heavy atom. The van der Waals surface area contributed by atoms with Crippen molar-refractivity contribution in [2.45, 2.75) is 12.6 Å². The maximum Gasteiger partial charge on any atom is 0.337 e. The number of rotatable bonds is 4. The molecule has 1 aromatic heterocycles. The minimum Gasteiger partial charge on any atom is -0.465 e. The van der Waals surface area contributed by atoms with Crippen molar-refractivity contribution in [2.24, 2.45) is 0 Å². The normalized spacial score (nSPS) is 15.0. The highest BCUT2D eigenvalue weighted by atomic mass is 35.5. The average molecular weight is 460 g/mol. The van der Waals surface area contributed by atoms with E-state index in [1.807, 2.05) is 18.2 Å². The van der Waals surface area contributed by atoms with Crippen molar-refractivity contribution in [3.8, 4) is 0 Å². The smallest absolute Gasteiger partial charge is 0.337 e. The van der Waals surface area contributed by atoms with Gasteiger partial charge >= 0.3 is 5.97 Å². The van der Waals surface area contributed by atoms with Gasteiger partial charge in [0.1, 0.15) is 5.58 Å². The van der Waals surface area contributed by atoms with Gasteiger partial charge in [0, 0.05) is 11.6 Å². The predicted molar refractivity (Wildman–Crippen MR) is 123 cm³/mol. The van der Waals surface area contributed by atoms with Crippen LogP contribution in [0.4, 0.5) is 0 Å². The van der Waals surface area contributed by atoms with Gasteiger partial charge in [-0.3, -0.25) is 9.59 Å². The van der Waals surface area contributed by atoms with E-state index in [2.05, 4.69) is 0 Å². The van der Waals surface area contributed by atoms with Crippen LogP contribution in [0.15, 0.2) is 82.0 Å². The minimum atomic E-state index is -0.698. The topological polar surface area (TPSA) is 76.8 Å². The Morgan fingerprint density at radius 1 is 1.00 bits per heavy atom. The molecule has 0 aliphatic carbocycles. The standard InChI is InChI=1S/C26H18ClNO5/c1-32-26(31)16-12-10-15(11-13-16)22-21-23(29)18-7-3-5-9-20(18)33-24(21)25(30)28(22)14-17-6-2-4-8-19(17)27/h2-13,22H,14H2,1H3/t22-/m0/s1. The molecule has 2 heterocycles. The number of hydrogen-bond acceptors (Lipinski definition) is 5. The van der Waals surface area contributed by atoms with E-state index in [1.165, 1.54) is 7.11 Å². The van der Waals surface area contributed by atoms with Crippen LogP contribution < -0.4 is 5.43 Å². The van der Waals surface area contributed by atoms with Crippen molar-refractivity contribution < 1.29 is 18.7 Å². The summed E-state index contributed by atoms with van der Waals surface area (Å²) >= 11 is 6.37. The third-order valence-corrected chi connectivity index (χ3v) is 6.19. The van der Waals surface area contributed by atoms with E-state index >= 15 is 0 Å². The molecule has 6 nitrogen and oxygen atoms in total. The molecular weight excluding hydrogens is 442 g/mol. The second-order valence-corrected chi connectivity index (χ2v) is 8.12. The van der Waals surface area contributed by atoms with Crippen LogP contribution in [0.25, 0.3) is 11.0 Å². The van der Waals surface area contributed by atoms with Crippen molar-refractivity contribution in [1.82, 2.24) is 4.90 Å². The summed E-state index contributed by atoms with van der Waals surface area (Å²) in [6.07, 6.45) is 0. The van der Waals surface area contributed by atoms with Gasteiger partial charge in [-0.15, -0.1) is 0 Å². The predicted octanol–water partition coefficient (Wildman–Crippen LogP) is 4.98. The van der Waals surface area contributed by atoms with Crippen LogP contribution in [0.1, 0.15) is 43.6 Å². The molecule has 0 radical (unpaired) electrons. The van der Waals surface area contributed by atoms with Crippen molar-refractivity contribution in [3.05, 3.63) is 116 Å². The third-order valence-electron chi connectivity index (χ3n) is 5.82. The van der Waals surface area contributed by atoms with Gasteiger partial charge in [-0.2, -0.15) is 0 Å². The quantitative estimate of drug-likeness (QED) is 0.402. The molecule has 0 bridgehead atoms. The maximum atomic E-state index is 13.5. The Kier molecular flexibility index (Phi) is 5.23.